The Balaban J connectivity index is 1.92. The van der Waals surface area contributed by atoms with Crippen molar-refractivity contribution in [2.24, 2.45) is 5.92 Å². The third-order valence-electron chi connectivity index (χ3n) is 5.28. The van der Waals surface area contributed by atoms with Crippen LogP contribution in [0.15, 0.2) is 53.1 Å². The summed E-state index contributed by atoms with van der Waals surface area (Å²) in [7, 11) is 1.17. The number of aryl methyl sites for hydroxylation is 1. The SMILES string of the molecule is CCOc1ccc([C@@H]2C(C#N)=C(SCC(=O)Nc3ccc(C)cc3)NC(=O)[C@@H]2C(=O)OC)cc1Cl. The standard InChI is InChI=1S/C25H24ClN3O5S/c1-4-34-19-10-7-15(11-18(19)26)21-17(12-27)24(29-23(31)22(21)25(32)33-3)35-13-20(30)28-16-8-5-14(2)6-9-16/h5-11,21-22H,4,13H2,1-3H3,(H,28,30)(H,29,31)/t21-,22-/m1/s1. The Labute approximate surface area is 212 Å². The van der Waals surface area contributed by atoms with Crippen molar-refractivity contribution in [3.05, 3.63) is 69.2 Å². The molecule has 182 valence electrons. The van der Waals surface area contributed by atoms with E-state index in [1.54, 1.807) is 30.3 Å². The minimum absolute atomic E-state index is 0.0612. The maximum absolute atomic E-state index is 12.9. The summed E-state index contributed by atoms with van der Waals surface area (Å²) in [5, 5.41) is 15.9. The summed E-state index contributed by atoms with van der Waals surface area (Å²) in [5.41, 5.74) is 2.30. The topological polar surface area (TPSA) is 118 Å². The molecule has 0 fully saturated rings. The Morgan fingerprint density at radius 1 is 1.23 bits per heavy atom. The number of allylic oxidation sites excluding steroid dienone is 1. The number of nitriles is 1. The second-order valence-corrected chi connectivity index (χ2v) is 9.04. The minimum Gasteiger partial charge on any atom is -0.492 e. The van der Waals surface area contributed by atoms with Crippen molar-refractivity contribution < 1.29 is 23.9 Å². The number of hydrogen-bond acceptors (Lipinski definition) is 7. The number of anilines is 1. The lowest BCUT2D eigenvalue weighted by atomic mass is 9.78. The van der Waals surface area contributed by atoms with Gasteiger partial charge in [0.1, 0.15) is 11.7 Å². The van der Waals surface area contributed by atoms with Gasteiger partial charge < -0.3 is 20.1 Å². The van der Waals surface area contributed by atoms with Gasteiger partial charge in [0.05, 0.1) is 41.2 Å². The number of carbonyl (C=O) groups excluding carboxylic acids is 3. The Bertz CT molecular complexity index is 1210. The number of benzene rings is 2. The van der Waals surface area contributed by atoms with E-state index in [9.17, 15) is 19.6 Å². The zero-order chi connectivity index (χ0) is 25.5. The molecule has 2 N–H and O–H groups in total. The van der Waals surface area contributed by atoms with Crippen molar-refractivity contribution in [1.29, 1.82) is 5.26 Å². The highest BCUT2D eigenvalue weighted by atomic mass is 35.5. The maximum atomic E-state index is 12.9. The van der Waals surface area contributed by atoms with Gasteiger partial charge in [0, 0.05) is 11.6 Å². The van der Waals surface area contributed by atoms with Crippen LogP contribution in [-0.2, 0) is 19.1 Å². The van der Waals surface area contributed by atoms with Gasteiger partial charge in [-0.2, -0.15) is 5.26 Å². The highest BCUT2D eigenvalue weighted by molar-refractivity contribution is 8.03. The second kappa shape index (κ2) is 11.8. The third-order valence-corrected chi connectivity index (χ3v) is 6.59. The first-order chi connectivity index (χ1) is 16.8. The quantitative estimate of drug-likeness (QED) is 0.402. The summed E-state index contributed by atoms with van der Waals surface area (Å²) in [5.74, 6) is -3.59. The van der Waals surface area contributed by atoms with Gasteiger partial charge in [-0.25, -0.2) is 0 Å². The van der Waals surface area contributed by atoms with Gasteiger partial charge in [-0.05, 0) is 43.7 Å². The van der Waals surface area contributed by atoms with Crippen molar-refractivity contribution in [3.8, 4) is 11.8 Å². The molecular formula is C25H24ClN3O5S. The van der Waals surface area contributed by atoms with E-state index in [4.69, 9.17) is 21.1 Å². The largest absolute Gasteiger partial charge is 0.492 e. The summed E-state index contributed by atoms with van der Waals surface area (Å²) in [6.45, 7) is 4.17. The molecule has 2 aromatic rings. The molecule has 0 aliphatic carbocycles. The summed E-state index contributed by atoms with van der Waals surface area (Å²) in [6, 6.07) is 14.3. The molecular weight excluding hydrogens is 490 g/mol. The minimum atomic E-state index is -1.30. The molecule has 1 aliphatic heterocycles. The van der Waals surface area contributed by atoms with Gasteiger partial charge in [-0.1, -0.05) is 47.1 Å². The fraction of sp³-hybridized carbons (Fsp3) is 0.280. The average molecular weight is 514 g/mol. The number of halogens is 1. The van der Waals surface area contributed by atoms with Gasteiger partial charge >= 0.3 is 5.97 Å². The summed E-state index contributed by atoms with van der Waals surface area (Å²) in [4.78, 5) is 38.0. The average Bonchev–Trinajstić information content (AvgIpc) is 2.84. The number of ether oxygens (including phenoxy) is 2. The number of rotatable bonds is 8. The molecule has 2 amide bonds. The van der Waals surface area contributed by atoms with Crippen LogP contribution in [0, 0.1) is 24.2 Å². The molecule has 1 aliphatic rings. The highest BCUT2D eigenvalue weighted by Crippen LogP contribution is 2.42. The van der Waals surface area contributed by atoms with E-state index >= 15 is 0 Å². The Morgan fingerprint density at radius 2 is 1.94 bits per heavy atom. The van der Waals surface area contributed by atoms with E-state index in [1.807, 2.05) is 26.0 Å². The molecule has 2 atom stereocenters. The zero-order valence-electron chi connectivity index (χ0n) is 19.4. The monoisotopic (exact) mass is 513 g/mol. The van der Waals surface area contributed by atoms with Crippen LogP contribution in [0.4, 0.5) is 5.69 Å². The molecule has 0 saturated carbocycles. The van der Waals surface area contributed by atoms with Crippen molar-refractivity contribution >= 4 is 46.8 Å². The second-order valence-electron chi connectivity index (χ2n) is 7.65. The lowest BCUT2D eigenvalue weighted by Crippen LogP contribution is -2.44. The van der Waals surface area contributed by atoms with Crippen molar-refractivity contribution in [1.82, 2.24) is 5.32 Å². The van der Waals surface area contributed by atoms with Crippen LogP contribution >= 0.6 is 23.4 Å². The van der Waals surface area contributed by atoms with E-state index in [0.29, 0.717) is 23.6 Å². The lowest BCUT2D eigenvalue weighted by Gasteiger charge is -2.31. The zero-order valence-corrected chi connectivity index (χ0v) is 21.0. The molecule has 0 radical (unpaired) electrons. The van der Waals surface area contributed by atoms with Crippen LogP contribution in [0.2, 0.25) is 5.02 Å². The molecule has 0 unspecified atom stereocenters. The summed E-state index contributed by atoms with van der Waals surface area (Å²) < 4.78 is 10.3. The Kier molecular flexibility index (Phi) is 8.79. The van der Waals surface area contributed by atoms with Crippen LogP contribution in [0.5, 0.6) is 5.75 Å². The van der Waals surface area contributed by atoms with Gasteiger partial charge in [-0.15, -0.1) is 0 Å². The van der Waals surface area contributed by atoms with Crippen LogP contribution in [0.25, 0.3) is 0 Å². The number of amides is 2. The molecule has 0 saturated heterocycles. The molecule has 0 spiro atoms. The number of nitrogens with zero attached hydrogens (tertiary/aromatic N) is 1. The lowest BCUT2D eigenvalue weighted by molar-refractivity contribution is -0.150. The Morgan fingerprint density at radius 3 is 2.54 bits per heavy atom. The molecule has 3 rings (SSSR count). The van der Waals surface area contributed by atoms with E-state index in [1.165, 1.54) is 7.11 Å². The van der Waals surface area contributed by atoms with Gasteiger partial charge in [0.15, 0.2) is 0 Å². The fourth-order valence-corrected chi connectivity index (χ4v) is 4.73. The van der Waals surface area contributed by atoms with Gasteiger partial charge in [0.2, 0.25) is 11.8 Å². The van der Waals surface area contributed by atoms with Crippen molar-refractivity contribution in [2.45, 2.75) is 19.8 Å². The fourth-order valence-electron chi connectivity index (χ4n) is 3.63. The summed E-state index contributed by atoms with van der Waals surface area (Å²) >= 11 is 7.35. The molecule has 8 nitrogen and oxygen atoms in total. The molecule has 35 heavy (non-hydrogen) atoms. The number of esters is 1. The first kappa shape index (κ1) is 26.1. The number of hydrogen-bond donors (Lipinski definition) is 2. The molecule has 10 heteroatoms. The van der Waals surface area contributed by atoms with E-state index in [-0.39, 0.29) is 27.3 Å². The number of carbonyl (C=O) groups is 3. The molecule has 0 aromatic heterocycles. The summed E-state index contributed by atoms with van der Waals surface area (Å²) in [6.07, 6.45) is 0. The first-order valence-corrected chi connectivity index (χ1v) is 12.1. The van der Waals surface area contributed by atoms with Crippen LogP contribution in [0.1, 0.15) is 24.0 Å². The highest BCUT2D eigenvalue weighted by Gasteiger charge is 2.44. The smallest absolute Gasteiger partial charge is 0.319 e. The number of methoxy groups -OCH3 is 1. The third kappa shape index (κ3) is 6.15. The van der Waals surface area contributed by atoms with Crippen LogP contribution in [0.3, 0.4) is 0 Å². The Hall–Kier alpha value is -3.48. The van der Waals surface area contributed by atoms with Gasteiger partial charge in [0.25, 0.3) is 0 Å². The molecule has 0 bridgehead atoms. The number of nitrogens with one attached hydrogen (secondary N) is 2. The number of thioether (sulfide) groups is 1. The molecule has 2 aromatic carbocycles. The predicted octanol–water partition coefficient (Wildman–Crippen LogP) is 4.16. The van der Waals surface area contributed by atoms with Crippen LogP contribution < -0.4 is 15.4 Å². The predicted molar refractivity (Wildman–Crippen MR) is 134 cm³/mol. The molecule has 1 heterocycles. The van der Waals surface area contributed by atoms with Crippen LogP contribution in [-0.4, -0.2) is 37.3 Å². The van der Waals surface area contributed by atoms with E-state index in [0.717, 1.165) is 17.3 Å². The van der Waals surface area contributed by atoms with E-state index < -0.39 is 23.7 Å². The first-order valence-electron chi connectivity index (χ1n) is 10.7. The maximum Gasteiger partial charge on any atom is 0.319 e. The normalized spacial score (nSPS) is 17.3. The van der Waals surface area contributed by atoms with E-state index in [2.05, 4.69) is 16.7 Å². The van der Waals surface area contributed by atoms with Crippen molar-refractivity contribution in [2.75, 3.05) is 24.8 Å². The van der Waals surface area contributed by atoms with Crippen molar-refractivity contribution in [3.63, 3.8) is 0 Å². The van der Waals surface area contributed by atoms with Gasteiger partial charge in [-0.3, -0.25) is 14.4 Å².